The molecule has 3 nitrogen and oxygen atoms in total. The molecule has 1 aromatic rings. The molecule has 1 saturated heterocycles. The fourth-order valence-corrected chi connectivity index (χ4v) is 3.02. The number of aromatic nitrogens is 2. The molecule has 96 valence electrons. The third kappa shape index (κ3) is 2.74. The molecule has 2 rings (SSSR count). The highest BCUT2D eigenvalue weighted by atomic mass is 79.9. The molecule has 0 N–H and O–H groups in total. The van der Waals surface area contributed by atoms with Gasteiger partial charge >= 0.3 is 0 Å². The maximum atomic E-state index is 4.45. The topological polar surface area (TPSA) is 21.1 Å². The number of piperidine rings is 1. The maximum Gasteiger partial charge on any atom is 0.0739 e. The van der Waals surface area contributed by atoms with Gasteiger partial charge in [-0.05, 0) is 47.7 Å². The first-order valence-corrected chi connectivity index (χ1v) is 7.18. The molecule has 4 heteroatoms. The second-order valence-corrected chi connectivity index (χ2v) is 6.24. The summed E-state index contributed by atoms with van der Waals surface area (Å²) in [5.41, 5.74) is 2.38. The van der Waals surface area contributed by atoms with Crippen molar-refractivity contribution >= 4 is 15.9 Å². The van der Waals surface area contributed by atoms with Crippen molar-refractivity contribution in [1.82, 2.24) is 14.7 Å². The van der Waals surface area contributed by atoms with Crippen LogP contribution in [0.2, 0.25) is 0 Å². The highest BCUT2D eigenvalue weighted by Crippen LogP contribution is 2.26. The molecule has 0 saturated carbocycles. The van der Waals surface area contributed by atoms with E-state index in [-0.39, 0.29) is 0 Å². The van der Waals surface area contributed by atoms with Crippen molar-refractivity contribution < 1.29 is 0 Å². The van der Waals surface area contributed by atoms with E-state index in [1.54, 1.807) is 0 Å². The molecule has 1 aromatic heterocycles. The molecule has 0 amide bonds. The summed E-state index contributed by atoms with van der Waals surface area (Å²) in [6.07, 6.45) is 1.32. The Kier molecular flexibility index (Phi) is 3.93. The van der Waals surface area contributed by atoms with Gasteiger partial charge in [-0.3, -0.25) is 9.58 Å². The van der Waals surface area contributed by atoms with Crippen molar-refractivity contribution in [3.05, 3.63) is 15.9 Å². The van der Waals surface area contributed by atoms with E-state index in [0.29, 0.717) is 0 Å². The molecule has 17 heavy (non-hydrogen) atoms. The summed E-state index contributed by atoms with van der Waals surface area (Å²) in [7, 11) is 2.03. The second-order valence-electron chi connectivity index (χ2n) is 5.45. The molecule has 2 heterocycles. The fraction of sp³-hybridized carbons (Fsp3) is 0.769. The van der Waals surface area contributed by atoms with E-state index in [4.69, 9.17) is 0 Å². The van der Waals surface area contributed by atoms with E-state index >= 15 is 0 Å². The van der Waals surface area contributed by atoms with Crippen LogP contribution in [-0.2, 0) is 13.6 Å². The Bertz CT molecular complexity index is 400. The maximum absolute atomic E-state index is 4.45. The van der Waals surface area contributed by atoms with E-state index in [1.807, 2.05) is 11.7 Å². The van der Waals surface area contributed by atoms with Crippen LogP contribution in [0.25, 0.3) is 0 Å². The lowest BCUT2D eigenvalue weighted by molar-refractivity contribution is 0.129. The van der Waals surface area contributed by atoms with Crippen LogP contribution in [0.4, 0.5) is 0 Å². The highest BCUT2D eigenvalue weighted by Gasteiger charge is 2.24. The van der Waals surface area contributed by atoms with Crippen molar-refractivity contribution in [3.8, 4) is 0 Å². The average molecular weight is 300 g/mol. The van der Waals surface area contributed by atoms with E-state index < -0.39 is 0 Å². The molecule has 1 fully saturated rings. The Hall–Kier alpha value is -0.350. The number of likely N-dealkylation sites (tertiary alicyclic amines) is 1. The molecule has 0 bridgehead atoms. The van der Waals surface area contributed by atoms with Gasteiger partial charge in [0.15, 0.2) is 0 Å². The summed E-state index contributed by atoms with van der Waals surface area (Å²) in [6, 6.07) is 0. The number of aryl methyl sites for hydroxylation is 2. The third-order valence-electron chi connectivity index (χ3n) is 4.05. The Balaban J connectivity index is 2.06. The zero-order valence-corrected chi connectivity index (χ0v) is 12.8. The summed E-state index contributed by atoms with van der Waals surface area (Å²) >= 11 is 3.64. The standard InChI is InChI=1S/C13H22BrN3/c1-9-5-6-17(7-10(9)2)8-12-13(14)11(3)15-16(12)4/h9-10H,5-8H2,1-4H3. The van der Waals surface area contributed by atoms with Gasteiger partial charge in [0.1, 0.15) is 0 Å². The van der Waals surface area contributed by atoms with Gasteiger partial charge in [-0.25, -0.2) is 0 Å². The molecule has 1 aliphatic heterocycles. The van der Waals surface area contributed by atoms with Gasteiger partial charge in [0.2, 0.25) is 0 Å². The molecule has 0 aromatic carbocycles. The van der Waals surface area contributed by atoms with Gasteiger partial charge in [-0.1, -0.05) is 13.8 Å². The number of rotatable bonds is 2. The highest BCUT2D eigenvalue weighted by molar-refractivity contribution is 9.10. The predicted molar refractivity (Wildman–Crippen MR) is 73.9 cm³/mol. The monoisotopic (exact) mass is 299 g/mol. The minimum atomic E-state index is 0.803. The molecule has 0 radical (unpaired) electrons. The summed E-state index contributed by atoms with van der Waals surface area (Å²) in [4.78, 5) is 2.55. The van der Waals surface area contributed by atoms with Crippen molar-refractivity contribution in [3.63, 3.8) is 0 Å². The van der Waals surface area contributed by atoms with Gasteiger partial charge < -0.3 is 0 Å². The molecule has 0 aliphatic carbocycles. The van der Waals surface area contributed by atoms with E-state index in [2.05, 4.69) is 46.7 Å². The van der Waals surface area contributed by atoms with Crippen LogP contribution in [0.1, 0.15) is 31.7 Å². The molecule has 0 spiro atoms. The Labute approximate surface area is 112 Å². The summed E-state index contributed by atoms with van der Waals surface area (Å²) < 4.78 is 3.17. The first-order chi connectivity index (χ1) is 7.99. The van der Waals surface area contributed by atoms with Crippen LogP contribution >= 0.6 is 15.9 Å². The minimum Gasteiger partial charge on any atom is -0.297 e. The largest absolute Gasteiger partial charge is 0.297 e. The van der Waals surface area contributed by atoms with Crippen LogP contribution in [0.5, 0.6) is 0 Å². The fourth-order valence-electron chi connectivity index (χ4n) is 2.56. The normalized spacial score (nSPS) is 26.4. The molecular weight excluding hydrogens is 278 g/mol. The van der Waals surface area contributed by atoms with Crippen molar-refractivity contribution in [2.75, 3.05) is 13.1 Å². The van der Waals surface area contributed by atoms with Gasteiger partial charge in [0.25, 0.3) is 0 Å². The van der Waals surface area contributed by atoms with Crippen LogP contribution in [0.15, 0.2) is 4.47 Å². The van der Waals surface area contributed by atoms with Crippen molar-refractivity contribution in [2.45, 2.75) is 33.7 Å². The van der Waals surface area contributed by atoms with Gasteiger partial charge in [-0.15, -0.1) is 0 Å². The van der Waals surface area contributed by atoms with Crippen LogP contribution < -0.4 is 0 Å². The Morgan fingerprint density at radius 1 is 1.35 bits per heavy atom. The Morgan fingerprint density at radius 2 is 2.06 bits per heavy atom. The van der Waals surface area contributed by atoms with Gasteiger partial charge in [-0.2, -0.15) is 5.10 Å². The number of hydrogen-bond acceptors (Lipinski definition) is 2. The Morgan fingerprint density at radius 3 is 2.59 bits per heavy atom. The molecule has 1 aliphatic rings. The SMILES string of the molecule is Cc1nn(C)c(CN2CCC(C)C(C)C2)c1Br. The zero-order chi connectivity index (χ0) is 12.6. The lowest BCUT2D eigenvalue weighted by atomic mass is 9.89. The molecular formula is C13H22BrN3. The van der Waals surface area contributed by atoms with Crippen molar-refractivity contribution in [1.29, 1.82) is 0 Å². The second kappa shape index (κ2) is 5.11. The van der Waals surface area contributed by atoms with Gasteiger partial charge in [0.05, 0.1) is 15.9 Å². The predicted octanol–water partition coefficient (Wildman–Crippen LogP) is 2.97. The number of nitrogens with zero attached hydrogens (tertiary/aromatic N) is 3. The van der Waals surface area contributed by atoms with Gasteiger partial charge in [0, 0.05) is 20.1 Å². The molecule has 2 atom stereocenters. The molecule has 2 unspecified atom stereocenters. The summed E-state index contributed by atoms with van der Waals surface area (Å²) in [5.74, 6) is 1.67. The zero-order valence-electron chi connectivity index (χ0n) is 11.2. The van der Waals surface area contributed by atoms with Crippen LogP contribution in [0.3, 0.4) is 0 Å². The van der Waals surface area contributed by atoms with Crippen molar-refractivity contribution in [2.24, 2.45) is 18.9 Å². The average Bonchev–Trinajstić information content (AvgIpc) is 2.50. The van der Waals surface area contributed by atoms with E-state index in [0.717, 1.165) is 24.1 Å². The lowest BCUT2D eigenvalue weighted by Gasteiger charge is -2.35. The summed E-state index contributed by atoms with van der Waals surface area (Å²) in [6.45, 7) is 10.2. The van der Waals surface area contributed by atoms with E-state index in [1.165, 1.54) is 29.7 Å². The van der Waals surface area contributed by atoms with Crippen LogP contribution in [-0.4, -0.2) is 27.8 Å². The smallest absolute Gasteiger partial charge is 0.0739 e. The third-order valence-corrected chi connectivity index (χ3v) is 5.08. The first kappa shape index (κ1) is 13.1. The number of halogens is 1. The van der Waals surface area contributed by atoms with E-state index in [9.17, 15) is 0 Å². The van der Waals surface area contributed by atoms with Crippen LogP contribution in [0, 0.1) is 18.8 Å². The minimum absolute atomic E-state index is 0.803. The first-order valence-electron chi connectivity index (χ1n) is 6.39. The lowest BCUT2D eigenvalue weighted by Crippen LogP contribution is -2.38. The summed E-state index contributed by atoms with van der Waals surface area (Å²) in [5, 5.41) is 4.45. The number of hydrogen-bond donors (Lipinski definition) is 0. The quantitative estimate of drug-likeness (QED) is 0.837.